The number of ketones is 1. The molecule has 1 atom stereocenters. The molecule has 2 heterocycles. The Labute approximate surface area is 207 Å². The second kappa shape index (κ2) is 9.02. The molecule has 8 nitrogen and oxygen atoms in total. The van der Waals surface area contributed by atoms with E-state index in [2.05, 4.69) is 15.0 Å². The molecule has 2 aliphatic rings. The second-order valence-corrected chi connectivity index (χ2v) is 8.53. The lowest BCUT2D eigenvalue weighted by Gasteiger charge is -2.23. The molecule has 0 aliphatic heterocycles. The van der Waals surface area contributed by atoms with Gasteiger partial charge in [0.25, 0.3) is 0 Å². The summed E-state index contributed by atoms with van der Waals surface area (Å²) in [6.07, 6.45) is -1.24. The van der Waals surface area contributed by atoms with Crippen LogP contribution in [0.3, 0.4) is 0 Å². The number of nitrogens with zero attached hydrogens (tertiary/aromatic N) is 3. The van der Waals surface area contributed by atoms with Gasteiger partial charge in [-0.15, -0.1) is 13.2 Å². The van der Waals surface area contributed by atoms with E-state index in [0.29, 0.717) is 11.3 Å². The van der Waals surface area contributed by atoms with Crippen molar-refractivity contribution < 1.29 is 41.1 Å². The third-order valence-corrected chi connectivity index (χ3v) is 6.08. The highest BCUT2D eigenvalue weighted by Gasteiger charge is 2.37. The average molecular weight is 517 g/mol. The molecule has 0 radical (unpaired) electrons. The summed E-state index contributed by atoms with van der Waals surface area (Å²) in [4.78, 5) is 26.1. The number of allylic oxidation sites excluding steroid dienone is 4. The molecule has 192 valence electrons. The molecule has 0 amide bonds. The van der Waals surface area contributed by atoms with Crippen molar-refractivity contribution in [1.29, 1.82) is 0 Å². The van der Waals surface area contributed by atoms with Crippen molar-refractivity contribution in [3.63, 3.8) is 0 Å². The van der Waals surface area contributed by atoms with Crippen molar-refractivity contribution in [2.75, 3.05) is 6.61 Å². The van der Waals surface area contributed by atoms with Gasteiger partial charge in [-0.05, 0) is 30.7 Å². The average Bonchev–Trinajstić information content (AvgIpc) is 3.43. The Morgan fingerprint density at radius 2 is 2.03 bits per heavy atom. The third kappa shape index (κ3) is 4.32. The lowest BCUT2D eigenvalue weighted by molar-refractivity contribution is -0.306. The Bertz CT molecular complexity index is 1480. The number of hydrogen-bond acceptors (Lipinski definition) is 7. The number of alkyl halides is 3. The van der Waals surface area contributed by atoms with Crippen LogP contribution in [0, 0.1) is 11.7 Å². The third-order valence-electron chi connectivity index (χ3n) is 6.08. The Kier molecular flexibility index (Phi) is 5.97. The number of aromatic nitrogens is 3. The van der Waals surface area contributed by atoms with E-state index < -0.39 is 24.1 Å². The van der Waals surface area contributed by atoms with E-state index in [4.69, 9.17) is 9.26 Å². The fraction of sp³-hybridized carbons (Fsp3) is 0.280. The molecule has 0 spiro atoms. The van der Waals surface area contributed by atoms with Crippen molar-refractivity contribution >= 4 is 17.4 Å². The van der Waals surface area contributed by atoms with Crippen LogP contribution in [0.2, 0.25) is 0 Å². The Morgan fingerprint density at radius 1 is 1.24 bits per heavy atom. The molecule has 12 heteroatoms. The maximum atomic E-state index is 14.6. The summed E-state index contributed by atoms with van der Waals surface area (Å²) >= 11 is 0. The second-order valence-electron chi connectivity index (χ2n) is 8.53. The molecule has 0 saturated carbocycles. The van der Waals surface area contributed by atoms with Crippen LogP contribution in [-0.4, -0.2) is 39.7 Å². The molecule has 0 bridgehead atoms. The van der Waals surface area contributed by atoms with Gasteiger partial charge in [0.1, 0.15) is 17.3 Å². The van der Waals surface area contributed by atoms with Gasteiger partial charge in [-0.1, -0.05) is 24.2 Å². The van der Waals surface area contributed by atoms with Gasteiger partial charge in [-0.2, -0.15) is 5.10 Å². The summed E-state index contributed by atoms with van der Waals surface area (Å²) in [6.45, 7) is 3.27. The molecule has 5 rings (SSSR count). The zero-order valence-electron chi connectivity index (χ0n) is 19.6. The molecule has 0 fully saturated rings. The SMILES string of the molecule is CCOC(=O)c1c(-c2onc3c2C(=O)Cc2cccc(F)c2-3)cnn1C1=CC=C(OC(F)(F)F)CC1C. The van der Waals surface area contributed by atoms with Gasteiger partial charge in [0.05, 0.1) is 23.9 Å². The van der Waals surface area contributed by atoms with Crippen LogP contribution in [-0.2, 0) is 15.9 Å². The first-order valence-electron chi connectivity index (χ1n) is 11.3. The summed E-state index contributed by atoms with van der Waals surface area (Å²) in [6, 6.07) is 4.36. The number of fused-ring (bicyclic) bond motifs is 3. The zero-order chi connectivity index (χ0) is 26.5. The van der Waals surface area contributed by atoms with E-state index in [1.54, 1.807) is 19.9 Å². The molecule has 0 saturated heterocycles. The monoisotopic (exact) mass is 517 g/mol. The Balaban J connectivity index is 1.64. The minimum Gasteiger partial charge on any atom is -0.461 e. The summed E-state index contributed by atoms with van der Waals surface area (Å²) in [5.41, 5.74) is 0.985. The molecule has 1 aromatic carbocycles. The maximum absolute atomic E-state index is 14.6. The van der Waals surface area contributed by atoms with Gasteiger partial charge < -0.3 is 14.0 Å². The number of rotatable bonds is 5. The summed E-state index contributed by atoms with van der Waals surface area (Å²) in [5, 5.41) is 8.21. The number of Topliss-reactive ketones (excluding diaryl/α,β-unsaturated/α-hetero) is 1. The molecular formula is C25H19F4N3O5. The van der Waals surface area contributed by atoms with Crippen LogP contribution >= 0.6 is 0 Å². The number of ether oxygens (including phenoxy) is 2. The molecule has 1 unspecified atom stereocenters. The van der Waals surface area contributed by atoms with Crippen LogP contribution in [0.1, 0.15) is 46.7 Å². The van der Waals surface area contributed by atoms with Crippen LogP contribution in [0.4, 0.5) is 17.6 Å². The zero-order valence-corrected chi connectivity index (χ0v) is 19.6. The summed E-state index contributed by atoms with van der Waals surface area (Å²) in [7, 11) is 0. The van der Waals surface area contributed by atoms with E-state index in [9.17, 15) is 27.2 Å². The largest absolute Gasteiger partial charge is 0.572 e. The molecular weight excluding hydrogens is 498 g/mol. The van der Waals surface area contributed by atoms with E-state index in [-0.39, 0.29) is 64.8 Å². The molecule has 3 aromatic rings. The number of benzene rings is 1. The van der Waals surface area contributed by atoms with Gasteiger partial charge in [-0.3, -0.25) is 4.79 Å². The lowest BCUT2D eigenvalue weighted by atomic mass is 9.87. The van der Waals surface area contributed by atoms with Crippen LogP contribution < -0.4 is 0 Å². The van der Waals surface area contributed by atoms with E-state index in [1.807, 2.05) is 0 Å². The van der Waals surface area contributed by atoms with Crippen molar-refractivity contribution in [3.05, 3.63) is 64.9 Å². The first-order valence-corrected chi connectivity index (χ1v) is 11.3. The Morgan fingerprint density at radius 3 is 2.73 bits per heavy atom. The van der Waals surface area contributed by atoms with Crippen LogP contribution in [0.15, 0.2) is 46.8 Å². The molecule has 2 aliphatic carbocycles. The number of carbonyl (C=O) groups excluding carboxylic acids is 2. The minimum absolute atomic E-state index is 0.00845. The number of halogens is 4. The van der Waals surface area contributed by atoms with Crippen molar-refractivity contribution in [3.8, 4) is 22.6 Å². The van der Waals surface area contributed by atoms with Crippen molar-refractivity contribution in [2.24, 2.45) is 5.92 Å². The van der Waals surface area contributed by atoms with Crippen LogP contribution in [0.25, 0.3) is 28.3 Å². The van der Waals surface area contributed by atoms with Crippen LogP contribution in [0.5, 0.6) is 0 Å². The molecule has 37 heavy (non-hydrogen) atoms. The Hall–Kier alpha value is -4.22. The quantitative estimate of drug-likeness (QED) is 0.323. The number of carbonyl (C=O) groups is 2. The van der Waals surface area contributed by atoms with Gasteiger partial charge in [-0.25, -0.2) is 13.9 Å². The number of hydrogen-bond donors (Lipinski definition) is 0. The topological polar surface area (TPSA) is 96.5 Å². The minimum atomic E-state index is -4.83. The first kappa shape index (κ1) is 24.5. The maximum Gasteiger partial charge on any atom is 0.572 e. The van der Waals surface area contributed by atoms with Gasteiger partial charge in [0.2, 0.25) is 0 Å². The van der Waals surface area contributed by atoms with E-state index in [0.717, 1.165) is 6.08 Å². The predicted octanol–water partition coefficient (Wildman–Crippen LogP) is 5.56. The normalized spacial score (nSPS) is 17.0. The van der Waals surface area contributed by atoms with Gasteiger partial charge in [0, 0.05) is 30.0 Å². The smallest absolute Gasteiger partial charge is 0.461 e. The number of esters is 1. The molecule has 0 N–H and O–H groups in total. The fourth-order valence-electron chi connectivity index (χ4n) is 4.57. The first-order chi connectivity index (χ1) is 17.6. The predicted molar refractivity (Wildman–Crippen MR) is 120 cm³/mol. The highest BCUT2D eigenvalue weighted by atomic mass is 19.4. The van der Waals surface area contributed by atoms with E-state index in [1.165, 1.54) is 29.1 Å². The van der Waals surface area contributed by atoms with E-state index >= 15 is 0 Å². The molecule has 2 aromatic heterocycles. The van der Waals surface area contributed by atoms with Gasteiger partial charge in [0.15, 0.2) is 17.2 Å². The highest BCUT2D eigenvalue weighted by Crippen LogP contribution is 2.42. The fourth-order valence-corrected chi connectivity index (χ4v) is 4.57. The standard InChI is InChI=1S/C25H19F4N3O5/c1-3-35-24(34)22-15(11-30-32(22)17-8-7-14(9-12(17)2)36-25(27,28)29)23-20-18(33)10-13-5-4-6-16(26)19(13)21(20)31-37-23/h4-8,11-12H,3,9-10H2,1-2H3. The summed E-state index contributed by atoms with van der Waals surface area (Å²) < 4.78 is 68.6. The lowest BCUT2D eigenvalue weighted by Crippen LogP contribution is -2.21. The highest BCUT2D eigenvalue weighted by molar-refractivity contribution is 6.11. The van der Waals surface area contributed by atoms with Gasteiger partial charge >= 0.3 is 12.3 Å². The van der Waals surface area contributed by atoms with Crippen molar-refractivity contribution in [2.45, 2.75) is 33.1 Å². The summed E-state index contributed by atoms with van der Waals surface area (Å²) in [5.74, 6) is -2.65. The van der Waals surface area contributed by atoms with Crippen molar-refractivity contribution in [1.82, 2.24) is 14.9 Å².